The molecule has 1 aromatic heterocycles. The van der Waals surface area contributed by atoms with Crippen LogP contribution in [-0.2, 0) is 17.6 Å². The average Bonchev–Trinajstić information content (AvgIpc) is 3.33. The summed E-state index contributed by atoms with van der Waals surface area (Å²) in [7, 11) is 0. The number of amides is 1. The third kappa shape index (κ3) is 6.24. The molecule has 3 aromatic rings. The van der Waals surface area contributed by atoms with Crippen LogP contribution < -0.4 is 10.6 Å². The van der Waals surface area contributed by atoms with Crippen molar-refractivity contribution in [3.8, 4) is 17.3 Å². The second kappa shape index (κ2) is 10.8. The summed E-state index contributed by atoms with van der Waals surface area (Å²) >= 11 is 0. The lowest BCUT2D eigenvalue weighted by molar-refractivity contribution is -0.192. The summed E-state index contributed by atoms with van der Waals surface area (Å²) in [5.74, 6) is -2.77. The highest BCUT2D eigenvalue weighted by molar-refractivity contribution is 6.05. The van der Waals surface area contributed by atoms with E-state index in [0.717, 1.165) is 36.1 Å². The summed E-state index contributed by atoms with van der Waals surface area (Å²) in [5, 5.41) is 20.2. The Labute approximate surface area is 198 Å². The van der Waals surface area contributed by atoms with Crippen molar-refractivity contribution in [2.75, 3.05) is 18.0 Å². The third-order valence-electron chi connectivity index (χ3n) is 5.19. The lowest BCUT2D eigenvalue weighted by Gasteiger charge is -2.29. The van der Waals surface area contributed by atoms with E-state index >= 15 is 0 Å². The minimum atomic E-state index is -5.08. The lowest BCUT2D eigenvalue weighted by Crippen LogP contribution is -2.35. The summed E-state index contributed by atoms with van der Waals surface area (Å²) in [5.41, 5.74) is 10.7. The van der Waals surface area contributed by atoms with Gasteiger partial charge in [-0.1, -0.05) is 29.4 Å². The second-order valence-electron chi connectivity index (χ2n) is 7.63. The monoisotopic (exact) mass is 486 g/mol. The van der Waals surface area contributed by atoms with Gasteiger partial charge in [0.15, 0.2) is 0 Å². The number of alkyl halides is 3. The molecule has 2 heterocycles. The zero-order valence-electron chi connectivity index (χ0n) is 18.4. The number of carboxylic acids is 1. The summed E-state index contributed by atoms with van der Waals surface area (Å²) in [4.78, 5) is 23.7. The van der Waals surface area contributed by atoms with Crippen molar-refractivity contribution in [1.82, 2.24) is 5.16 Å². The molecule has 0 radical (unpaired) electrons. The van der Waals surface area contributed by atoms with Gasteiger partial charge in [0.25, 0.3) is 5.91 Å². The van der Waals surface area contributed by atoms with E-state index in [1.165, 1.54) is 5.56 Å². The van der Waals surface area contributed by atoms with Gasteiger partial charge in [0.2, 0.25) is 5.76 Å². The van der Waals surface area contributed by atoms with Crippen LogP contribution in [0.2, 0.25) is 0 Å². The van der Waals surface area contributed by atoms with Crippen molar-refractivity contribution in [3.05, 3.63) is 71.0 Å². The number of fused-ring (bicyclic) bond motifs is 1. The molecular weight excluding hydrogens is 465 g/mol. The number of hydrogen-bond acceptors (Lipinski definition) is 6. The molecule has 0 atom stereocenters. The molecule has 8 nitrogen and oxygen atoms in total. The van der Waals surface area contributed by atoms with Crippen molar-refractivity contribution < 1.29 is 32.4 Å². The van der Waals surface area contributed by atoms with Crippen molar-refractivity contribution in [2.24, 2.45) is 5.73 Å². The number of benzene rings is 2. The molecule has 35 heavy (non-hydrogen) atoms. The molecule has 0 saturated carbocycles. The van der Waals surface area contributed by atoms with Crippen LogP contribution in [0.3, 0.4) is 0 Å². The highest BCUT2D eigenvalue weighted by atomic mass is 19.4. The highest BCUT2D eigenvalue weighted by Crippen LogP contribution is 2.30. The van der Waals surface area contributed by atoms with E-state index in [1.807, 2.05) is 18.2 Å². The van der Waals surface area contributed by atoms with Gasteiger partial charge >= 0.3 is 12.1 Å². The number of aryl methyl sites for hydroxylation is 1. The minimum Gasteiger partial charge on any atom is -0.475 e. The number of carbonyl (C=O) groups is 2. The summed E-state index contributed by atoms with van der Waals surface area (Å²) in [6, 6.07) is 17.0. The first kappa shape index (κ1) is 25.5. The zero-order valence-corrected chi connectivity index (χ0v) is 18.4. The van der Waals surface area contributed by atoms with Gasteiger partial charge in [-0.15, -0.1) is 0 Å². The number of halogens is 3. The molecule has 0 aliphatic carbocycles. The summed E-state index contributed by atoms with van der Waals surface area (Å²) in [6.45, 7) is 1.25. The Morgan fingerprint density at radius 3 is 2.60 bits per heavy atom. The van der Waals surface area contributed by atoms with Gasteiger partial charge in [-0.05, 0) is 55.1 Å². The summed E-state index contributed by atoms with van der Waals surface area (Å²) < 4.78 is 37.1. The fourth-order valence-electron chi connectivity index (χ4n) is 3.58. The van der Waals surface area contributed by atoms with E-state index in [-0.39, 0.29) is 11.7 Å². The molecular formula is C24H21F3N4O4. The third-order valence-corrected chi connectivity index (χ3v) is 5.19. The number of rotatable bonds is 4. The quantitative estimate of drug-likeness (QED) is 0.571. The highest BCUT2D eigenvalue weighted by Gasteiger charge is 2.38. The van der Waals surface area contributed by atoms with Gasteiger partial charge in [-0.2, -0.15) is 18.4 Å². The molecule has 4 rings (SSSR count). The number of carbonyl (C=O) groups excluding carboxylic acids is 1. The number of aliphatic carboxylic acids is 1. The Hall–Kier alpha value is -4.17. The molecule has 1 aliphatic heterocycles. The maximum absolute atomic E-state index is 13.1. The normalized spacial score (nSPS) is 12.7. The molecule has 182 valence electrons. The van der Waals surface area contributed by atoms with Crippen LogP contribution in [0.1, 0.15) is 33.7 Å². The van der Waals surface area contributed by atoms with Gasteiger partial charge in [0.1, 0.15) is 5.69 Å². The van der Waals surface area contributed by atoms with E-state index < -0.39 is 12.1 Å². The van der Waals surface area contributed by atoms with Crippen LogP contribution in [0.4, 0.5) is 18.9 Å². The fourth-order valence-corrected chi connectivity index (χ4v) is 3.58. The SMILES string of the molecule is N#Cc1cccc(-c2cc(C(=O)N3CCCc4cc(CCN)ccc43)on2)c1.O=C(O)C(F)(F)F. The van der Waals surface area contributed by atoms with Crippen molar-refractivity contribution >= 4 is 17.6 Å². The predicted molar refractivity (Wildman–Crippen MR) is 120 cm³/mol. The first-order valence-corrected chi connectivity index (χ1v) is 10.5. The molecule has 2 aromatic carbocycles. The number of anilines is 1. The van der Waals surface area contributed by atoms with Gasteiger partial charge in [0.05, 0.1) is 11.6 Å². The number of carboxylic acid groups (broad SMARTS) is 1. The zero-order chi connectivity index (χ0) is 25.6. The van der Waals surface area contributed by atoms with Crippen LogP contribution >= 0.6 is 0 Å². The Bertz CT molecular complexity index is 1260. The van der Waals surface area contributed by atoms with Crippen molar-refractivity contribution in [2.45, 2.75) is 25.4 Å². The predicted octanol–water partition coefficient (Wildman–Crippen LogP) is 3.94. The molecule has 0 unspecified atom stereocenters. The number of hydrogen-bond donors (Lipinski definition) is 2. The molecule has 1 amide bonds. The Morgan fingerprint density at radius 1 is 1.20 bits per heavy atom. The Morgan fingerprint density at radius 2 is 1.94 bits per heavy atom. The van der Waals surface area contributed by atoms with Crippen LogP contribution in [0.5, 0.6) is 0 Å². The van der Waals surface area contributed by atoms with E-state index in [2.05, 4.69) is 17.3 Å². The number of aromatic nitrogens is 1. The topological polar surface area (TPSA) is 133 Å². The van der Waals surface area contributed by atoms with Gasteiger partial charge in [-0.25, -0.2) is 4.79 Å². The number of nitriles is 1. The molecule has 1 aliphatic rings. The smallest absolute Gasteiger partial charge is 0.475 e. The van der Waals surface area contributed by atoms with E-state index in [4.69, 9.17) is 25.4 Å². The van der Waals surface area contributed by atoms with E-state index in [0.29, 0.717) is 24.3 Å². The van der Waals surface area contributed by atoms with Crippen LogP contribution in [0.15, 0.2) is 53.1 Å². The second-order valence-corrected chi connectivity index (χ2v) is 7.63. The first-order valence-electron chi connectivity index (χ1n) is 10.5. The van der Waals surface area contributed by atoms with Crippen LogP contribution in [-0.4, -0.2) is 41.4 Å². The van der Waals surface area contributed by atoms with Gasteiger partial charge < -0.3 is 20.3 Å². The molecule has 0 fully saturated rings. The minimum absolute atomic E-state index is 0.191. The Balaban J connectivity index is 0.000000429. The van der Waals surface area contributed by atoms with E-state index in [9.17, 15) is 18.0 Å². The van der Waals surface area contributed by atoms with E-state index in [1.54, 1.807) is 29.2 Å². The average molecular weight is 486 g/mol. The van der Waals surface area contributed by atoms with Crippen LogP contribution in [0.25, 0.3) is 11.3 Å². The van der Waals surface area contributed by atoms with Crippen molar-refractivity contribution in [1.29, 1.82) is 5.26 Å². The number of nitrogens with zero attached hydrogens (tertiary/aromatic N) is 3. The van der Waals surface area contributed by atoms with Crippen molar-refractivity contribution in [3.63, 3.8) is 0 Å². The maximum Gasteiger partial charge on any atom is 0.490 e. The first-order chi connectivity index (χ1) is 16.6. The summed E-state index contributed by atoms with van der Waals surface area (Å²) in [6.07, 6.45) is -2.41. The molecule has 0 bridgehead atoms. The van der Waals surface area contributed by atoms with Gasteiger partial charge in [0, 0.05) is 23.9 Å². The molecule has 0 spiro atoms. The standard InChI is InChI=1S/C22H20N4O2.C2HF3O2/c23-9-8-15-6-7-20-18(11-15)5-2-10-26(20)22(27)21-13-19(25-28-21)17-4-1-3-16(12-17)14-24;3-2(4,5)1(6)7/h1,3-4,6-7,11-13H,2,5,8-10,23H2;(H,6,7). The lowest BCUT2D eigenvalue weighted by atomic mass is 9.98. The number of nitrogens with two attached hydrogens (primary N) is 1. The molecule has 0 saturated heterocycles. The van der Waals surface area contributed by atoms with Gasteiger partial charge in [-0.3, -0.25) is 4.79 Å². The van der Waals surface area contributed by atoms with Crippen LogP contribution in [0, 0.1) is 11.3 Å². The largest absolute Gasteiger partial charge is 0.490 e. The maximum atomic E-state index is 13.1. The fraction of sp³-hybridized carbons (Fsp3) is 0.250. The Kier molecular flexibility index (Phi) is 7.88. The molecule has 3 N–H and O–H groups in total. The molecule has 11 heteroatoms.